The highest BCUT2D eigenvalue weighted by Gasteiger charge is 2.30. The molecule has 1 aromatic carbocycles. The molecule has 6 nitrogen and oxygen atoms in total. The normalized spacial score (nSPS) is 17.9. The fourth-order valence-electron chi connectivity index (χ4n) is 4.02. The minimum atomic E-state index is -0.958. The van der Waals surface area contributed by atoms with Crippen molar-refractivity contribution in [3.8, 4) is 0 Å². The number of rotatable bonds is 6. The monoisotopic (exact) mass is 408 g/mol. The number of morpholine rings is 1. The van der Waals surface area contributed by atoms with Crippen LogP contribution in [-0.2, 0) is 19.1 Å². The Labute approximate surface area is 177 Å². The van der Waals surface area contributed by atoms with Crippen LogP contribution >= 0.6 is 0 Å². The van der Waals surface area contributed by atoms with Crippen LogP contribution in [-0.4, -0.2) is 47.6 Å². The number of amides is 1. The van der Waals surface area contributed by atoms with E-state index in [0.29, 0.717) is 37.9 Å². The molecule has 0 unspecified atom stereocenters. The van der Waals surface area contributed by atoms with E-state index in [2.05, 4.69) is 24.5 Å². The van der Waals surface area contributed by atoms with E-state index in [0.717, 1.165) is 11.3 Å². The molecule has 4 rings (SSSR count). The highest BCUT2D eigenvalue weighted by molar-refractivity contribution is 5.91. The maximum atomic E-state index is 13.1. The average molecular weight is 408 g/mol. The van der Waals surface area contributed by atoms with E-state index < -0.39 is 12.1 Å². The Hall–Kier alpha value is -2.86. The van der Waals surface area contributed by atoms with Gasteiger partial charge in [-0.1, -0.05) is 30.3 Å². The summed E-state index contributed by atoms with van der Waals surface area (Å²) in [4.78, 5) is 27.4. The standard InChI is InChI=1S/C24H28N2O4/c1-17-16-20(18(2)26(17)21-9-10-21)8-11-22(27)30-23(19-6-4-3-5-7-19)24(28)25-12-14-29-15-13-25/h3-8,11,16,21,23H,9-10,12-15H2,1-2H3/b11-8+/t23-/m0/s1. The van der Waals surface area contributed by atoms with Crippen LogP contribution < -0.4 is 0 Å². The summed E-state index contributed by atoms with van der Waals surface area (Å²) < 4.78 is 13.3. The molecule has 2 aliphatic rings. The Kier molecular flexibility index (Phi) is 6.04. The van der Waals surface area contributed by atoms with Gasteiger partial charge in [-0.15, -0.1) is 0 Å². The largest absolute Gasteiger partial charge is 0.444 e. The first-order valence-corrected chi connectivity index (χ1v) is 10.5. The van der Waals surface area contributed by atoms with Gasteiger partial charge in [-0.3, -0.25) is 4.79 Å². The molecular formula is C24H28N2O4. The molecule has 1 aliphatic heterocycles. The van der Waals surface area contributed by atoms with Crippen molar-refractivity contribution >= 4 is 18.0 Å². The van der Waals surface area contributed by atoms with E-state index in [1.54, 1.807) is 11.0 Å². The Bertz CT molecular complexity index is 938. The number of nitrogens with zero attached hydrogens (tertiary/aromatic N) is 2. The lowest BCUT2D eigenvalue weighted by Gasteiger charge is -2.30. The molecule has 0 spiro atoms. The summed E-state index contributed by atoms with van der Waals surface area (Å²) in [6, 6.07) is 11.8. The Balaban J connectivity index is 1.49. The third-order valence-corrected chi connectivity index (χ3v) is 5.72. The molecule has 0 bridgehead atoms. The van der Waals surface area contributed by atoms with Gasteiger partial charge in [0.15, 0.2) is 0 Å². The van der Waals surface area contributed by atoms with E-state index in [9.17, 15) is 9.59 Å². The van der Waals surface area contributed by atoms with Gasteiger partial charge in [0.25, 0.3) is 5.91 Å². The first kappa shape index (κ1) is 20.4. The lowest BCUT2D eigenvalue weighted by atomic mass is 10.1. The summed E-state index contributed by atoms with van der Waals surface area (Å²) in [6.07, 6.45) is 4.67. The number of ether oxygens (including phenoxy) is 2. The van der Waals surface area contributed by atoms with Gasteiger partial charge in [0.2, 0.25) is 6.10 Å². The molecule has 6 heteroatoms. The van der Waals surface area contributed by atoms with Crippen LogP contribution in [0.25, 0.3) is 6.08 Å². The van der Waals surface area contributed by atoms with E-state index in [4.69, 9.17) is 9.47 Å². The predicted molar refractivity (Wildman–Crippen MR) is 114 cm³/mol. The van der Waals surface area contributed by atoms with Crippen molar-refractivity contribution < 1.29 is 19.1 Å². The van der Waals surface area contributed by atoms with Crippen molar-refractivity contribution in [3.63, 3.8) is 0 Å². The molecule has 1 saturated heterocycles. The van der Waals surface area contributed by atoms with E-state index >= 15 is 0 Å². The van der Waals surface area contributed by atoms with Crippen molar-refractivity contribution in [3.05, 3.63) is 65.0 Å². The Morgan fingerprint density at radius 1 is 1.13 bits per heavy atom. The second kappa shape index (κ2) is 8.88. The van der Waals surface area contributed by atoms with Crippen molar-refractivity contribution in [1.82, 2.24) is 9.47 Å². The molecule has 1 amide bonds. The van der Waals surface area contributed by atoms with Gasteiger partial charge in [-0.2, -0.15) is 0 Å². The van der Waals surface area contributed by atoms with Crippen molar-refractivity contribution in [2.24, 2.45) is 0 Å². The number of carbonyl (C=O) groups excluding carboxylic acids is 2. The smallest absolute Gasteiger partial charge is 0.331 e. The third-order valence-electron chi connectivity index (χ3n) is 5.72. The summed E-state index contributed by atoms with van der Waals surface area (Å²) in [5.74, 6) is -0.736. The van der Waals surface area contributed by atoms with Crippen LogP contribution in [0.5, 0.6) is 0 Å². The summed E-state index contributed by atoms with van der Waals surface area (Å²) >= 11 is 0. The molecule has 0 radical (unpaired) electrons. The number of carbonyl (C=O) groups is 2. The maximum absolute atomic E-state index is 13.1. The van der Waals surface area contributed by atoms with Crippen LogP contribution in [0.3, 0.4) is 0 Å². The zero-order valence-corrected chi connectivity index (χ0v) is 17.5. The number of hydrogen-bond donors (Lipinski definition) is 0. The van der Waals surface area contributed by atoms with Gasteiger partial charge in [-0.25, -0.2) is 4.79 Å². The highest BCUT2D eigenvalue weighted by Crippen LogP contribution is 2.38. The lowest BCUT2D eigenvalue weighted by molar-refractivity contribution is -0.159. The number of aromatic nitrogens is 1. The summed E-state index contributed by atoms with van der Waals surface area (Å²) in [5, 5.41) is 0. The summed E-state index contributed by atoms with van der Waals surface area (Å²) in [6.45, 7) is 6.17. The van der Waals surface area contributed by atoms with Crippen LogP contribution in [0.2, 0.25) is 0 Å². The first-order valence-electron chi connectivity index (χ1n) is 10.5. The number of hydrogen-bond acceptors (Lipinski definition) is 4. The van der Waals surface area contributed by atoms with E-state index in [1.165, 1.54) is 24.6 Å². The predicted octanol–water partition coefficient (Wildman–Crippen LogP) is 3.60. The van der Waals surface area contributed by atoms with E-state index in [-0.39, 0.29) is 5.91 Å². The number of esters is 1. The van der Waals surface area contributed by atoms with E-state index in [1.807, 2.05) is 30.3 Å². The Morgan fingerprint density at radius 3 is 2.50 bits per heavy atom. The number of benzene rings is 1. The summed E-state index contributed by atoms with van der Waals surface area (Å²) in [7, 11) is 0. The quantitative estimate of drug-likeness (QED) is 0.541. The first-order chi connectivity index (χ1) is 14.5. The molecule has 1 aromatic heterocycles. The van der Waals surface area contributed by atoms with Crippen LogP contribution in [0, 0.1) is 13.8 Å². The molecule has 158 valence electrons. The van der Waals surface area contributed by atoms with Crippen molar-refractivity contribution in [2.45, 2.75) is 38.8 Å². The third kappa shape index (κ3) is 4.49. The molecular weight excluding hydrogens is 380 g/mol. The van der Waals surface area contributed by atoms with Gasteiger partial charge < -0.3 is 18.9 Å². The zero-order chi connectivity index (χ0) is 21.1. The molecule has 1 atom stereocenters. The topological polar surface area (TPSA) is 60.8 Å². The van der Waals surface area contributed by atoms with Crippen LogP contribution in [0.4, 0.5) is 0 Å². The minimum absolute atomic E-state index is 0.210. The van der Waals surface area contributed by atoms with Crippen molar-refractivity contribution in [1.29, 1.82) is 0 Å². The van der Waals surface area contributed by atoms with Crippen LogP contribution in [0.15, 0.2) is 42.5 Å². The molecule has 0 N–H and O–H groups in total. The molecule has 2 fully saturated rings. The average Bonchev–Trinajstić information content (AvgIpc) is 3.56. The van der Waals surface area contributed by atoms with Gasteiger partial charge in [0, 0.05) is 42.2 Å². The van der Waals surface area contributed by atoms with Crippen molar-refractivity contribution in [2.75, 3.05) is 26.3 Å². The Morgan fingerprint density at radius 2 is 1.83 bits per heavy atom. The molecule has 2 aromatic rings. The highest BCUT2D eigenvalue weighted by atomic mass is 16.5. The fraction of sp³-hybridized carbons (Fsp3) is 0.417. The molecule has 1 saturated carbocycles. The van der Waals surface area contributed by atoms with Gasteiger partial charge >= 0.3 is 5.97 Å². The summed E-state index contributed by atoms with van der Waals surface area (Å²) in [5.41, 5.74) is 4.03. The maximum Gasteiger partial charge on any atom is 0.331 e. The van der Waals surface area contributed by atoms with Crippen LogP contribution in [0.1, 0.15) is 47.5 Å². The zero-order valence-electron chi connectivity index (χ0n) is 17.5. The molecule has 1 aliphatic carbocycles. The van der Waals surface area contributed by atoms with Gasteiger partial charge in [0.05, 0.1) is 13.2 Å². The molecule has 2 heterocycles. The van der Waals surface area contributed by atoms with Gasteiger partial charge in [0.1, 0.15) is 0 Å². The second-order valence-electron chi connectivity index (χ2n) is 7.93. The fourth-order valence-corrected chi connectivity index (χ4v) is 4.02. The second-order valence-corrected chi connectivity index (χ2v) is 7.93. The van der Waals surface area contributed by atoms with Gasteiger partial charge in [-0.05, 0) is 44.4 Å². The minimum Gasteiger partial charge on any atom is -0.444 e. The number of aryl methyl sites for hydroxylation is 1. The SMILES string of the molecule is Cc1cc(/C=C/C(=O)O[C@H](C(=O)N2CCOCC2)c2ccccc2)c(C)n1C1CC1. The molecule has 30 heavy (non-hydrogen) atoms. The lowest BCUT2D eigenvalue weighted by Crippen LogP contribution is -2.44.